The van der Waals surface area contributed by atoms with E-state index in [1.807, 2.05) is 37.3 Å². The number of sulfone groups is 1. The number of aliphatic hydroxyl groups is 1. The van der Waals surface area contributed by atoms with Crippen LogP contribution in [0, 0.1) is 0 Å². The van der Waals surface area contributed by atoms with E-state index >= 15 is 0 Å². The lowest BCUT2D eigenvalue weighted by Gasteiger charge is -2.38. The van der Waals surface area contributed by atoms with Crippen molar-refractivity contribution in [3.05, 3.63) is 72.3 Å². The molecule has 2 heterocycles. The summed E-state index contributed by atoms with van der Waals surface area (Å²) in [7, 11) is -7.16. The Balaban J connectivity index is 1.02. The molecule has 3 aliphatic rings. The standard InChI is InChI=1S/C35H45N3O8S2/c1-2-44-33-13-10-27(26-8-6-25(21-36)7-9-26)18-34(33)48(42,43)38-16-14-35(15-17-38)20-28(23-46-35)37-22-29(39)24-45-30-4-3-5-32(19-30)47(40,41)31-11-12-31/h3-10,13,18-19,28-29,31,37,39H,2,11-12,14-17,20-24,36H2,1H3/t28-,29?/m1/s1. The molecule has 0 amide bonds. The van der Waals surface area contributed by atoms with Crippen LogP contribution in [0.5, 0.6) is 11.5 Å². The molecular weight excluding hydrogens is 655 g/mol. The number of sulfonamides is 1. The highest BCUT2D eigenvalue weighted by Crippen LogP contribution is 2.39. The van der Waals surface area contributed by atoms with Gasteiger partial charge in [-0.3, -0.25) is 0 Å². The van der Waals surface area contributed by atoms with Crippen LogP contribution in [0.25, 0.3) is 11.1 Å². The minimum atomic E-state index is -3.84. The molecule has 0 bridgehead atoms. The third kappa shape index (κ3) is 7.72. The normalized spacial score (nSPS) is 20.5. The van der Waals surface area contributed by atoms with Crippen molar-refractivity contribution >= 4 is 19.9 Å². The van der Waals surface area contributed by atoms with Crippen LogP contribution in [0.3, 0.4) is 0 Å². The second kappa shape index (κ2) is 14.4. The summed E-state index contributed by atoms with van der Waals surface area (Å²) in [6.07, 6.45) is 2.38. The van der Waals surface area contributed by atoms with Crippen LogP contribution in [0.2, 0.25) is 0 Å². The van der Waals surface area contributed by atoms with Gasteiger partial charge >= 0.3 is 0 Å². The van der Waals surface area contributed by atoms with E-state index in [0.717, 1.165) is 16.7 Å². The zero-order chi connectivity index (χ0) is 33.9. The summed E-state index contributed by atoms with van der Waals surface area (Å²) >= 11 is 0. The monoisotopic (exact) mass is 699 g/mol. The summed E-state index contributed by atoms with van der Waals surface area (Å²) in [5.74, 6) is 0.738. The van der Waals surface area contributed by atoms with Gasteiger partial charge in [0, 0.05) is 32.2 Å². The maximum absolute atomic E-state index is 14.0. The Labute approximate surface area is 283 Å². The van der Waals surface area contributed by atoms with Crippen molar-refractivity contribution in [1.82, 2.24) is 9.62 Å². The van der Waals surface area contributed by atoms with Crippen LogP contribution in [-0.2, 0) is 31.1 Å². The molecule has 2 atom stereocenters. The van der Waals surface area contributed by atoms with E-state index in [2.05, 4.69) is 5.32 Å². The van der Waals surface area contributed by atoms with Crippen LogP contribution in [0.1, 0.15) is 44.6 Å². The fraction of sp³-hybridized carbons (Fsp3) is 0.486. The highest BCUT2D eigenvalue weighted by Gasteiger charge is 2.45. The third-order valence-corrected chi connectivity index (χ3v) is 13.6. The predicted molar refractivity (Wildman–Crippen MR) is 182 cm³/mol. The molecule has 48 heavy (non-hydrogen) atoms. The van der Waals surface area contributed by atoms with Crippen molar-refractivity contribution in [1.29, 1.82) is 0 Å². The van der Waals surface area contributed by atoms with Gasteiger partial charge in [-0.25, -0.2) is 16.8 Å². The number of aliphatic hydroxyl groups excluding tert-OH is 1. The van der Waals surface area contributed by atoms with Crippen molar-refractivity contribution in [3.63, 3.8) is 0 Å². The quantitative estimate of drug-likeness (QED) is 0.228. The first-order chi connectivity index (χ1) is 23.0. The summed E-state index contributed by atoms with van der Waals surface area (Å²) in [4.78, 5) is 0.402. The van der Waals surface area contributed by atoms with E-state index in [-0.39, 0.29) is 34.2 Å². The molecule has 260 valence electrons. The number of hydrogen-bond donors (Lipinski definition) is 3. The lowest BCUT2D eigenvalue weighted by molar-refractivity contribution is -0.0312. The fourth-order valence-electron chi connectivity index (χ4n) is 6.46. The predicted octanol–water partition coefficient (Wildman–Crippen LogP) is 3.49. The molecule has 6 rings (SSSR count). The van der Waals surface area contributed by atoms with Crippen LogP contribution in [-0.4, -0.2) is 88.7 Å². The zero-order valence-corrected chi connectivity index (χ0v) is 28.8. The molecule has 3 aromatic carbocycles. The Bertz CT molecular complexity index is 1790. The minimum Gasteiger partial charge on any atom is -0.492 e. The second-order valence-electron chi connectivity index (χ2n) is 12.9. The van der Waals surface area contributed by atoms with Gasteiger partial charge in [0.1, 0.15) is 29.1 Å². The molecule has 2 saturated heterocycles. The average Bonchev–Trinajstić information content (AvgIpc) is 3.90. The number of piperidine rings is 1. The molecule has 0 radical (unpaired) electrons. The highest BCUT2D eigenvalue weighted by atomic mass is 32.2. The molecule has 1 unspecified atom stereocenters. The van der Waals surface area contributed by atoms with Gasteiger partial charge in [0.15, 0.2) is 9.84 Å². The Morgan fingerprint density at radius 2 is 1.73 bits per heavy atom. The zero-order valence-electron chi connectivity index (χ0n) is 27.2. The first kappa shape index (κ1) is 34.8. The van der Waals surface area contributed by atoms with Gasteiger partial charge in [-0.2, -0.15) is 4.31 Å². The first-order valence-electron chi connectivity index (χ1n) is 16.6. The summed E-state index contributed by atoms with van der Waals surface area (Å²) in [6, 6.07) is 19.5. The van der Waals surface area contributed by atoms with E-state index < -0.39 is 31.6 Å². The van der Waals surface area contributed by atoms with Gasteiger partial charge in [-0.15, -0.1) is 0 Å². The SMILES string of the molecule is CCOc1ccc(-c2ccc(CN)cc2)cc1S(=O)(=O)N1CCC2(CC1)C[C@@H](NCC(O)COc1cccc(S(=O)(=O)C3CC3)c1)CO2. The van der Waals surface area contributed by atoms with Crippen molar-refractivity contribution in [2.24, 2.45) is 5.73 Å². The van der Waals surface area contributed by atoms with Crippen molar-refractivity contribution in [2.45, 2.75) is 78.4 Å². The Hall–Kier alpha value is -3.04. The molecule has 13 heteroatoms. The maximum atomic E-state index is 14.0. The molecule has 4 N–H and O–H groups in total. The number of nitrogens with two attached hydrogens (primary N) is 1. The molecular formula is C35H45N3O8S2. The van der Waals surface area contributed by atoms with Gasteiger partial charge in [0.2, 0.25) is 10.0 Å². The van der Waals surface area contributed by atoms with Gasteiger partial charge in [0.05, 0.1) is 29.0 Å². The molecule has 1 aliphatic carbocycles. The number of benzene rings is 3. The summed E-state index contributed by atoms with van der Waals surface area (Å²) in [6.45, 7) is 4.00. The lowest BCUT2D eigenvalue weighted by Crippen LogP contribution is -2.47. The van der Waals surface area contributed by atoms with E-state index in [9.17, 15) is 21.9 Å². The highest BCUT2D eigenvalue weighted by molar-refractivity contribution is 7.92. The number of nitrogens with one attached hydrogen (secondary N) is 1. The number of hydrogen-bond acceptors (Lipinski definition) is 10. The minimum absolute atomic E-state index is 0.00159. The van der Waals surface area contributed by atoms with Crippen LogP contribution in [0.15, 0.2) is 76.5 Å². The molecule has 3 fully saturated rings. The Kier molecular flexibility index (Phi) is 10.5. The topological polar surface area (TPSA) is 157 Å². The lowest BCUT2D eigenvalue weighted by atomic mass is 9.88. The van der Waals surface area contributed by atoms with Crippen molar-refractivity contribution in [3.8, 4) is 22.6 Å². The van der Waals surface area contributed by atoms with Crippen molar-refractivity contribution < 1.29 is 36.2 Å². The van der Waals surface area contributed by atoms with E-state index in [0.29, 0.717) is 76.5 Å². The fourth-order valence-corrected chi connectivity index (χ4v) is 9.75. The van der Waals surface area contributed by atoms with Gasteiger partial charge < -0.3 is 30.4 Å². The largest absolute Gasteiger partial charge is 0.492 e. The third-order valence-electron chi connectivity index (χ3n) is 9.41. The van der Waals surface area contributed by atoms with Crippen LogP contribution in [0.4, 0.5) is 0 Å². The van der Waals surface area contributed by atoms with E-state index in [4.69, 9.17) is 19.9 Å². The molecule has 11 nitrogen and oxygen atoms in total. The number of rotatable bonds is 14. The smallest absolute Gasteiger partial charge is 0.246 e. The molecule has 2 aliphatic heterocycles. The molecule has 1 spiro atoms. The molecule has 0 aromatic heterocycles. The molecule has 1 saturated carbocycles. The average molecular weight is 700 g/mol. The van der Waals surface area contributed by atoms with Crippen molar-refractivity contribution in [2.75, 3.05) is 39.5 Å². The second-order valence-corrected chi connectivity index (χ2v) is 17.0. The van der Waals surface area contributed by atoms with Gasteiger partial charge in [0.25, 0.3) is 0 Å². The summed E-state index contributed by atoms with van der Waals surface area (Å²) < 4.78 is 72.3. The Morgan fingerprint density at radius 3 is 2.42 bits per heavy atom. The summed E-state index contributed by atoms with van der Waals surface area (Å²) in [5, 5.41) is 13.6. The number of nitrogens with zero attached hydrogens (tertiary/aromatic N) is 1. The van der Waals surface area contributed by atoms with Gasteiger partial charge in [-0.1, -0.05) is 36.4 Å². The summed E-state index contributed by atoms with van der Waals surface area (Å²) in [5.41, 5.74) is 7.98. The van der Waals surface area contributed by atoms with Crippen LogP contribution < -0.4 is 20.5 Å². The van der Waals surface area contributed by atoms with Gasteiger partial charge in [-0.05, 0) is 86.1 Å². The van der Waals surface area contributed by atoms with Crippen LogP contribution >= 0.6 is 0 Å². The van der Waals surface area contributed by atoms with E-state index in [1.165, 1.54) is 10.4 Å². The van der Waals surface area contributed by atoms with E-state index in [1.54, 1.807) is 30.3 Å². The Morgan fingerprint density at radius 1 is 1.00 bits per heavy atom. The molecule has 3 aromatic rings. The maximum Gasteiger partial charge on any atom is 0.246 e. The number of ether oxygens (including phenoxy) is 3. The first-order valence-corrected chi connectivity index (χ1v) is 19.6.